The number of fused-ring (bicyclic) bond motifs is 1. The predicted molar refractivity (Wildman–Crippen MR) is 36.7 cm³/mol. The van der Waals surface area contributed by atoms with Gasteiger partial charge < -0.3 is 0 Å². The van der Waals surface area contributed by atoms with Crippen LogP contribution in [0.25, 0.3) is 11.0 Å². The van der Waals surface area contributed by atoms with Crippen molar-refractivity contribution < 1.29 is 0 Å². The van der Waals surface area contributed by atoms with Crippen molar-refractivity contribution in [1.29, 1.82) is 0 Å². The molecule has 2 aromatic heterocycles. The lowest BCUT2D eigenvalue weighted by atomic mass is 10.4. The molecule has 10 heavy (non-hydrogen) atoms. The molecule has 0 atom stereocenters. The van der Waals surface area contributed by atoms with Crippen molar-refractivity contribution in [1.82, 2.24) is 20.4 Å². The molecule has 0 aromatic carbocycles. The summed E-state index contributed by atoms with van der Waals surface area (Å²) in [7, 11) is 0. The fourth-order valence-corrected chi connectivity index (χ4v) is 0.918. The van der Waals surface area contributed by atoms with E-state index in [9.17, 15) is 0 Å². The maximum absolute atomic E-state index is 5.63. The van der Waals surface area contributed by atoms with Crippen molar-refractivity contribution in [3.8, 4) is 0 Å². The first kappa shape index (κ1) is 5.61. The summed E-state index contributed by atoms with van der Waals surface area (Å²) in [4.78, 5) is 0. The van der Waals surface area contributed by atoms with Gasteiger partial charge in [0.2, 0.25) is 0 Å². The van der Waals surface area contributed by atoms with Gasteiger partial charge in [0.05, 0.1) is 11.7 Å². The Kier molecular flexibility index (Phi) is 1.07. The summed E-state index contributed by atoms with van der Waals surface area (Å²) in [6.45, 7) is 0. The molecule has 0 unspecified atom stereocenters. The Labute approximate surface area is 61.2 Å². The third-order valence-electron chi connectivity index (χ3n) is 1.19. The van der Waals surface area contributed by atoms with Crippen molar-refractivity contribution in [2.24, 2.45) is 0 Å². The fourth-order valence-electron chi connectivity index (χ4n) is 0.737. The number of halogens is 1. The van der Waals surface area contributed by atoms with E-state index in [0.29, 0.717) is 10.7 Å². The molecular weight excluding hydrogens is 152 g/mol. The molecule has 0 bridgehead atoms. The van der Waals surface area contributed by atoms with E-state index in [1.165, 1.54) is 0 Å². The average Bonchev–Trinajstić information content (AvgIpc) is 2.34. The molecule has 2 aromatic rings. The molecule has 2 heterocycles. The molecule has 4 nitrogen and oxygen atoms in total. The third-order valence-corrected chi connectivity index (χ3v) is 1.45. The Morgan fingerprint density at radius 3 is 3.20 bits per heavy atom. The monoisotopic (exact) mass is 154 g/mol. The molecule has 0 spiro atoms. The summed E-state index contributed by atoms with van der Waals surface area (Å²) >= 11 is 5.63. The zero-order valence-electron chi connectivity index (χ0n) is 4.87. The molecule has 5 heteroatoms. The minimum absolute atomic E-state index is 0.364. The van der Waals surface area contributed by atoms with Crippen LogP contribution < -0.4 is 0 Å². The first-order chi connectivity index (χ1) is 4.88. The highest BCUT2D eigenvalue weighted by Gasteiger charge is 2.01. The molecule has 0 saturated carbocycles. The standard InChI is InChI=1S/C5H3ClN4/c6-5-4-3(8-10-5)1-2-7-9-4/h1-2H,(H,8,10). The Balaban J connectivity index is 2.93. The van der Waals surface area contributed by atoms with Crippen LogP contribution in [-0.2, 0) is 0 Å². The number of hydrogen-bond acceptors (Lipinski definition) is 3. The topological polar surface area (TPSA) is 54.5 Å². The minimum atomic E-state index is 0.364. The van der Waals surface area contributed by atoms with Gasteiger partial charge in [-0.05, 0) is 6.07 Å². The highest BCUT2D eigenvalue weighted by Crippen LogP contribution is 2.14. The quantitative estimate of drug-likeness (QED) is 0.616. The Hall–Kier alpha value is -1.16. The highest BCUT2D eigenvalue weighted by molar-refractivity contribution is 6.33. The summed E-state index contributed by atoms with van der Waals surface area (Å²) in [5, 5.41) is 14.2. The number of hydrogen-bond donors (Lipinski definition) is 1. The van der Waals surface area contributed by atoms with E-state index >= 15 is 0 Å². The molecule has 0 aliphatic heterocycles. The molecule has 2 rings (SSSR count). The molecule has 0 aliphatic carbocycles. The molecule has 0 saturated heterocycles. The lowest BCUT2D eigenvalue weighted by Crippen LogP contribution is -1.77. The fraction of sp³-hybridized carbons (Fsp3) is 0. The maximum atomic E-state index is 5.63. The normalized spacial score (nSPS) is 10.5. The van der Waals surface area contributed by atoms with Gasteiger partial charge in [-0.3, -0.25) is 5.10 Å². The second-order valence-corrected chi connectivity index (χ2v) is 2.17. The number of nitrogens with one attached hydrogen (secondary N) is 1. The number of H-pyrrole nitrogens is 1. The van der Waals surface area contributed by atoms with Crippen LogP contribution in [0.3, 0.4) is 0 Å². The van der Waals surface area contributed by atoms with E-state index in [1.54, 1.807) is 12.3 Å². The van der Waals surface area contributed by atoms with E-state index in [4.69, 9.17) is 11.6 Å². The SMILES string of the molecule is Clc1n[nH]c2ccnnc12. The second kappa shape index (κ2) is 1.91. The number of aromatic nitrogens is 4. The Morgan fingerprint density at radius 2 is 2.40 bits per heavy atom. The van der Waals surface area contributed by atoms with Gasteiger partial charge in [-0.25, -0.2) is 0 Å². The smallest absolute Gasteiger partial charge is 0.179 e. The van der Waals surface area contributed by atoms with Gasteiger partial charge in [0, 0.05) is 0 Å². The van der Waals surface area contributed by atoms with Gasteiger partial charge in [0.25, 0.3) is 0 Å². The first-order valence-corrected chi connectivity index (χ1v) is 3.07. The number of aromatic amines is 1. The summed E-state index contributed by atoms with van der Waals surface area (Å²) < 4.78 is 0. The predicted octanol–water partition coefficient (Wildman–Crippen LogP) is 1.01. The van der Waals surface area contributed by atoms with E-state index in [1.807, 2.05) is 0 Å². The lowest BCUT2D eigenvalue weighted by Gasteiger charge is -1.81. The van der Waals surface area contributed by atoms with Crippen molar-refractivity contribution >= 4 is 22.6 Å². The molecule has 0 fully saturated rings. The van der Waals surface area contributed by atoms with Crippen LogP contribution in [0.2, 0.25) is 5.15 Å². The van der Waals surface area contributed by atoms with Crippen LogP contribution in [0.1, 0.15) is 0 Å². The molecule has 0 amide bonds. The van der Waals surface area contributed by atoms with Crippen molar-refractivity contribution in [2.75, 3.05) is 0 Å². The van der Waals surface area contributed by atoms with Crippen LogP contribution in [0.5, 0.6) is 0 Å². The van der Waals surface area contributed by atoms with Crippen LogP contribution in [0.15, 0.2) is 12.3 Å². The van der Waals surface area contributed by atoms with Gasteiger partial charge in [0.15, 0.2) is 5.15 Å². The molecular formula is C5H3ClN4. The molecule has 0 aliphatic rings. The summed E-state index contributed by atoms with van der Waals surface area (Å²) in [6, 6.07) is 1.77. The highest BCUT2D eigenvalue weighted by atomic mass is 35.5. The summed E-state index contributed by atoms with van der Waals surface area (Å²) in [6.07, 6.45) is 1.58. The van der Waals surface area contributed by atoms with E-state index < -0.39 is 0 Å². The Morgan fingerprint density at radius 1 is 1.50 bits per heavy atom. The first-order valence-electron chi connectivity index (χ1n) is 2.69. The van der Waals surface area contributed by atoms with Gasteiger partial charge in [-0.2, -0.15) is 10.2 Å². The summed E-state index contributed by atoms with van der Waals surface area (Å²) in [5.41, 5.74) is 1.42. The van der Waals surface area contributed by atoms with Gasteiger partial charge in [-0.15, -0.1) is 5.10 Å². The Bertz CT molecular complexity index is 355. The maximum Gasteiger partial charge on any atom is 0.179 e. The van der Waals surface area contributed by atoms with E-state index in [0.717, 1.165) is 5.52 Å². The van der Waals surface area contributed by atoms with Crippen LogP contribution in [0.4, 0.5) is 0 Å². The van der Waals surface area contributed by atoms with Crippen LogP contribution >= 0.6 is 11.6 Å². The average molecular weight is 155 g/mol. The second-order valence-electron chi connectivity index (χ2n) is 1.81. The zero-order chi connectivity index (χ0) is 6.97. The number of nitrogens with zero attached hydrogens (tertiary/aromatic N) is 3. The van der Waals surface area contributed by atoms with Crippen LogP contribution in [-0.4, -0.2) is 20.4 Å². The van der Waals surface area contributed by atoms with E-state index in [2.05, 4.69) is 20.4 Å². The van der Waals surface area contributed by atoms with Crippen molar-refractivity contribution in [3.63, 3.8) is 0 Å². The zero-order valence-corrected chi connectivity index (χ0v) is 5.63. The van der Waals surface area contributed by atoms with Crippen molar-refractivity contribution in [3.05, 3.63) is 17.4 Å². The van der Waals surface area contributed by atoms with Crippen LogP contribution in [0, 0.1) is 0 Å². The molecule has 0 radical (unpaired) electrons. The number of rotatable bonds is 0. The lowest BCUT2D eigenvalue weighted by molar-refractivity contribution is 1.08. The van der Waals surface area contributed by atoms with Crippen molar-refractivity contribution in [2.45, 2.75) is 0 Å². The third kappa shape index (κ3) is 0.657. The van der Waals surface area contributed by atoms with E-state index in [-0.39, 0.29) is 0 Å². The van der Waals surface area contributed by atoms with Gasteiger partial charge in [0.1, 0.15) is 5.52 Å². The largest absolute Gasteiger partial charge is 0.275 e. The summed E-state index contributed by atoms with van der Waals surface area (Å²) in [5.74, 6) is 0. The van der Waals surface area contributed by atoms with Gasteiger partial charge >= 0.3 is 0 Å². The van der Waals surface area contributed by atoms with Gasteiger partial charge in [-0.1, -0.05) is 11.6 Å². The molecule has 1 N–H and O–H groups in total. The molecule has 50 valence electrons. The minimum Gasteiger partial charge on any atom is -0.275 e.